The van der Waals surface area contributed by atoms with Gasteiger partial charge in [0.15, 0.2) is 0 Å². The van der Waals surface area contributed by atoms with Crippen LogP contribution in [0.5, 0.6) is 0 Å². The fourth-order valence-electron chi connectivity index (χ4n) is 0.586. The number of hydrogen-bond donors (Lipinski definition) is 0. The first kappa shape index (κ1) is 13.7. The van der Waals surface area contributed by atoms with Crippen LogP contribution >= 0.6 is 47.8 Å². The molecule has 0 aliphatic carbocycles. The second-order valence-corrected chi connectivity index (χ2v) is 9.06. The van der Waals surface area contributed by atoms with Gasteiger partial charge in [-0.2, -0.15) is 0 Å². The summed E-state index contributed by atoms with van der Waals surface area (Å²) in [6.07, 6.45) is 5.79. The fraction of sp³-hybridized carbons (Fsp3) is 0.625. The van der Waals surface area contributed by atoms with Gasteiger partial charge in [-0.3, -0.25) is 0 Å². The van der Waals surface area contributed by atoms with E-state index in [2.05, 4.69) is 54.7 Å². The molecule has 0 saturated heterocycles. The van der Waals surface area contributed by atoms with E-state index < -0.39 is 2.14 Å². The highest BCUT2D eigenvalue weighted by atomic mass is 80.0. The van der Waals surface area contributed by atoms with Crippen molar-refractivity contribution in [1.29, 1.82) is 0 Å². The van der Waals surface area contributed by atoms with E-state index in [0.29, 0.717) is 6.61 Å². The summed E-state index contributed by atoms with van der Waals surface area (Å²) in [6, 6.07) is 0. The summed E-state index contributed by atoms with van der Waals surface area (Å²) in [6.45, 7) is 2.46. The van der Waals surface area contributed by atoms with Crippen LogP contribution in [0.25, 0.3) is 0 Å². The molecule has 0 spiro atoms. The van der Waals surface area contributed by atoms with Crippen molar-refractivity contribution in [2.45, 2.75) is 21.9 Å². The molecule has 13 heavy (non-hydrogen) atoms. The largest absolute Gasteiger partial charge is 0.463 e. The Morgan fingerprint density at radius 1 is 1.38 bits per heavy atom. The fourth-order valence-corrected chi connectivity index (χ4v) is 0.929. The standard InChI is InChI=1S/C8H11Br3O2/c1-2-3-4-5-6-13-7(12)8(9,10)11/h3-4H,2,5-6H2,1H3/b4-3-. The number of carbonyl (C=O) groups is 1. The van der Waals surface area contributed by atoms with Gasteiger partial charge >= 0.3 is 5.97 Å². The summed E-state index contributed by atoms with van der Waals surface area (Å²) in [5.41, 5.74) is 0. The number of ether oxygens (including phenoxy) is 1. The van der Waals surface area contributed by atoms with Crippen molar-refractivity contribution in [3.63, 3.8) is 0 Å². The van der Waals surface area contributed by atoms with Gasteiger partial charge < -0.3 is 4.74 Å². The second kappa shape index (κ2) is 7.01. The first-order chi connectivity index (χ1) is 5.98. The third kappa shape index (κ3) is 7.70. The molecule has 0 radical (unpaired) electrons. The lowest BCUT2D eigenvalue weighted by atomic mass is 10.3. The molecule has 76 valence electrons. The van der Waals surface area contributed by atoms with Gasteiger partial charge in [0.25, 0.3) is 0 Å². The zero-order valence-corrected chi connectivity index (χ0v) is 12.0. The molecule has 5 heteroatoms. The van der Waals surface area contributed by atoms with Crippen LogP contribution in [0.1, 0.15) is 19.8 Å². The minimum atomic E-state index is -0.943. The van der Waals surface area contributed by atoms with Gasteiger partial charge in [-0.15, -0.1) is 0 Å². The number of alkyl halides is 3. The van der Waals surface area contributed by atoms with Crippen LogP contribution in [-0.4, -0.2) is 14.7 Å². The molecule has 0 saturated carbocycles. The Morgan fingerprint density at radius 2 is 2.00 bits per heavy atom. The number of hydrogen-bond acceptors (Lipinski definition) is 2. The summed E-state index contributed by atoms with van der Waals surface area (Å²) in [5.74, 6) is -0.377. The molecular formula is C8H11Br3O2. The lowest BCUT2D eigenvalue weighted by Gasteiger charge is -2.10. The summed E-state index contributed by atoms with van der Waals surface area (Å²) in [7, 11) is 0. The monoisotopic (exact) mass is 376 g/mol. The van der Waals surface area contributed by atoms with Crippen molar-refractivity contribution in [2.75, 3.05) is 6.61 Å². The van der Waals surface area contributed by atoms with Crippen LogP contribution in [0.4, 0.5) is 0 Å². The summed E-state index contributed by atoms with van der Waals surface area (Å²) >= 11 is 9.20. The van der Waals surface area contributed by atoms with E-state index in [4.69, 9.17) is 4.74 Å². The van der Waals surface area contributed by atoms with Gasteiger partial charge in [0.2, 0.25) is 2.14 Å². The van der Waals surface area contributed by atoms with Gasteiger partial charge in [-0.05, 0) is 60.6 Å². The van der Waals surface area contributed by atoms with Gasteiger partial charge in [-0.25, -0.2) is 4.79 Å². The summed E-state index contributed by atoms with van der Waals surface area (Å²) in [4.78, 5) is 11.1. The zero-order valence-electron chi connectivity index (χ0n) is 7.23. The van der Waals surface area contributed by atoms with E-state index in [1.54, 1.807) is 0 Å². The van der Waals surface area contributed by atoms with Crippen LogP contribution in [0.3, 0.4) is 0 Å². The van der Waals surface area contributed by atoms with Crippen molar-refractivity contribution in [2.24, 2.45) is 0 Å². The van der Waals surface area contributed by atoms with Crippen LogP contribution in [0.2, 0.25) is 0 Å². The van der Waals surface area contributed by atoms with E-state index in [1.165, 1.54) is 0 Å². The van der Waals surface area contributed by atoms with Gasteiger partial charge in [0, 0.05) is 0 Å². The Bertz CT molecular complexity index is 184. The van der Waals surface area contributed by atoms with E-state index in [1.807, 2.05) is 12.2 Å². The molecule has 0 unspecified atom stereocenters. The molecule has 0 aliphatic rings. The molecule has 0 aromatic carbocycles. The maximum absolute atomic E-state index is 11.1. The molecule has 0 fully saturated rings. The Kier molecular flexibility index (Phi) is 7.36. The summed E-state index contributed by atoms with van der Waals surface area (Å²) < 4.78 is 3.98. The Labute approximate surface area is 103 Å². The second-order valence-electron chi connectivity index (χ2n) is 2.30. The predicted octanol–water partition coefficient (Wildman–Crippen LogP) is 3.72. The van der Waals surface area contributed by atoms with E-state index in [9.17, 15) is 4.79 Å². The lowest BCUT2D eigenvalue weighted by Crippen LogP contribution is -2.20. The molecule has 0 N–H and O–H groups in total. The Morgan fingerprint density at radius 3 is 2.46 bits per heavy atom. The van der Waals surface area contributed by atoms with Crippen molar-refractivity contribution < 1.29 is 9.53 Å². The third-order valence-corrected chi connectivity index (χ3v) is 2.12. The minimum Gasteiger partial charge on any atom is -0.463 e. The Balaban J connectivity index is 3.55. The molecular weight excluding hydrogens is 368 g/mol. The molecule has 0 aromatic heterocycles. The highest BCUT2D eigenvalue weighted by molar-refractivity contribution is 9.40. The quantitative estimate of drug-likeness (QED) is 0.322. The van der Waals surface area contributed by atoms with Crippen LogP contribution in [-0.2, 0) is 9.53 Å². The minimum absolute atomic E-state index is 0.377. The van der Waals surface area contributed by atoms with Crippen molar-refractivity contribution >= 4 is 53.8 Å². The maximum atomic E-state index is 11.1. The molecule has 2 nitrogen and oxygen atoms in total. The SMILES string of the molecule is CC/C=C\CCOC(=O)C(Br)(Br)Br. The lowest BCUT2D eigenvalue weighted by molar-refractivity contribution is -0.141. The van der Waals surface area contributed by atoms with Crippen molar-refractivity contribution in [1.82, 2.24) is 0 Å². The third-order valence-electron chi connectivity index (χ3n) is 1.15. The molecule has 0 aromatic rings. The first-order valence-corrected chi connectivity index (χ1v) is 6.25. The number of esters is 1. The van der Waals surface area contributed by atoms with Crippen LogP contribution < -0.4 is 0 Å². The highest BCUT2D eigenvalue weighted by Crippen LogP contribution is 2.34. The average molecular weight is 379 g/mol. The number of allylic oxidation sites excluding steroid dienone is 1. The van der Waals surface area contributed by atoms with Gasteiger partial charge in [-0.1, -0.05) is 19.1 Å². The molecule has 0 aliphatic heterocycles. The van der Waals surface area contributed by atoms with Gasteiger partial charge in [0.05, 0.1) is 6.61 Å². The predicted molar refractivity (Wildman–Crippen MR) is 64.5 cm³/mol. The topological polar surface area (TPSA) is 26.3 Å². The normalized spacial score (nSPS) is 12.0. The number of halogens is 3. The van der Waals surface area contributed by atoms with Crippen LogP contribution in [0.15, 0.2) is 12.2 Å². The number of carbonyl (C=O) groups excluding carboxylic acids is 1. The van der Waals surface area contributed by atoms with Crippen molar-refractivity contribution in [3.8, 4) is 0 Å². The number of rotatable bonds is 4. The zero-order chi connectivity index (χ0) is 10.3. The highest BCUT2D eigenvalue weighted by Gasteiger charge is 2.30. The Hall–Kier alpha value is 0.650. The summed E-state index contributed by atoms with van der Waals surface area (Å²) in [5, 5.41) is 0. The average Bonchev–Trinajstić information content (AvgIpc) is 2.02. The molecule has 0 heterocycles. The molecule has 0 rings (SSSR count). The van der Waals surface area contributed by atoms with Crippen LogP contribution in [0, 0.1) is 0 Å². The van der Waals surface area contributed by atoms with Crippen molar-refractivity contribution in [3.05, 3.63) is 12.2 Å². The van der Waals surface area contributed by atoms with E-state index in [-0.39, 0.29) is 5.97 Å². The first-order valence-electron chi connectivity index (χ1n) is 3.87. The molecule has 0 atom stereocenters. The van der Waals surface area contributed by atoms with Gasteiger partial charge in [0.1, 0.15) is 0 Å². The molecule has 0 amide bonds. The molecule has 0 bridgehead atoms. The maximum Gasteiger partial charge on any atom is 0.344 e. The van der Waals surface area contributed by atoms with E-state index in [0.717, 1.165) is 12.8 Å². The smallest absolute Gasteiger partial charge is 0.344 e. The van der Waals surface area contributed by atoms with E-state index >= 15 is 0 Å².